The van der Waals surface area contributed by atoms with Gasteiger partial charge in [-0.1, -0.05) is 12.1 Å². The molecule has 120 valence electrons. The first-order valence-electron chi connectivity index (χ1n) is 7.36. The zero-order valence-corrected chi connectivity index (χ0v) is 13.1. The lowest BCUT2D eigenvalue weighted by Crippen LogP contribution is -2.12. The average molecular weight is 314 g/mol. The van der Waals surface area contributed by atoms with Gasteiger partial charge in [-0.25, -0.2) is 9.59 Å². The van der Waals surface area contributed by atoms with E-state index in [2.05, 4.69) is 0 Å². The minimum atomic E-state index is -0.542. The van der Waals surface area contributed by atoms with Gasteiger partial charge in [-0.3, -0.25) is 0 Å². The van der Waals surface area contributed by atoms with Crippen molar-refractivity contribution < 1.29 is 19.1 Å². The molecule has 6 heteroatoms. The van der Waals surface area contributed by atoms with E-state index in [0.29, 0.717) is 16.9 Å². The third kappa shape index (κ3) is 2.36. The summed E-state index contributed by atoms with van der Waals surface area (Å²) in [5.41, 5.74) is 9.28. The molecule has 2 N–H and O–H groups in total. The minimum Gasteiger partial charge on any atom is -0.465 e. The van der Waals surface area contributed by atoms with Gasteiger partial charge in [0.25, 0.3) is 0 Å². The number of nitrogens with two attached hydrogens (primary N) is 1. The van der Waals surface area contributed by atoms with Crippen LogP contribution in [0.5, 0.6) is 0 Å². The third-order valence-corrected chi connectivity index (χ3v) is 4.13. The van der Waals surface area contributed by atoms with Crippen LogP contribution < -0.4 is 5.73 Å². The number of benzene rings is 1. The molecular formula is C17H18N2O4. The number of nitrogens with zero attached hydrogens (tertiary/aromatic N) is 1. The van der Waals surface area contributed by atoms with Gasteiger partial charge in [0.2, 0.25) is 0 Å². The monoisotopic (exact) mass is 314 g/mol. The highest BCUT2D eigenvalue weighted by molar-refractivity contribution is 6.09. The highest BCUT2D eigenvalue weighted by atomic mass is 16.5. The van der Waals surface area contributed by atoms with Gasteiger partial charge in [-0.2, -0.15) is 0 Å². The smallest absolute Gasteiger partial charge is 0.340 e. The van der Waals surface area contributed by atoms with Crippen molar-refractivity contribution in [2.75, 3.05) is 20.0 Å². The lowest BCUT2D eigenvalue weighted by molar-refractivity contribution is 0.0556. The van der Waals surface area contributed by atoms with E-state index >= 15 is 0 Å². The fraction of sp³-hybridized carbons (Fsp3) is 0.294. The highest BCUT2D eigenvalue weighted by Gasteiger charge is 2.34. The fourth-order valence-electron chi connectivity index (χ4n) is 3.14. The number of esters is 2. The molecule has 1 aliphatic heterocycles. The summed E-state index contributed by atoms with van der Waals surface area (Å²) < 4.78 is 11.8. The molecule has 1 aliphatic rings. The maximum absolute atomic E-state index is 12.4. The minimum absolute atomic E-state index is 0.263. The van der Waals surface area contributed by atoms with Gasteiger partial charge >= 0.3 is 11.9 Å². The number of rotatable bonds is 3. The van der Waals surface area contributed by atoms with Crippen molar-refractivity contribution in [3.63, 3.8) is 0 Å². The number of methoxy groups -OCH3 is 2. The molecule has 2 aromatic rings. The normalized spacial score (nSPS) is 12.8. The summed E-state index contributed by atoms with van der Waals surface area (Å²) in [6.45, 7) is 0.746. The quantitative estimate of drug-likeness (QED) is 0.694. The first kappa shape index (κ1) is 15.1. The summed E-state index contributed by atoms with van der Waals surface area (Å²) >= 11 is 0. The summed E-state index contributed by atoms with van der Waals surface area (Å²) in [6, 6.07) is 7.21. The van der Waals surface area contributed by atoms with Crippen molar-refractivity contribution in [3.05, 3.63) is 41.1 Å². The SMILES string of the molecule is COC(=O)c1c(C(=O)OC)c(-c2ccc(N)cc2)n2c1CCC2. The van der Waals surface area contributed by atoms with Crippen LogP contribution in [0.1, 0.15) is 32.8 Å². The number of aromatic nitrogens is 1. The van der Waals surface area contributed by atoms with Crippen molar-refractivity contribution in [3.8, 4) is 11.3 Å². The largest absolute Gasteiger partial charge is 0.465 e. The summed E-state index contributed by atoms with van der Waals surface area (Å²) in [5, 5.41) is 0. The number of nitrogen functional groups attached to an aromatic ring is 1. The molecule has 0 spiro atoms. The van der Waals surface area contributed by atoms with E-state index in [9.17, 15) is 9.59 Å². The van der Waals surface area contributed by atoms with Crippen molar-refractivity contribution in [1.29, 1.82) is 0 Å². The maximum Gasteiger partial charge on any atom is 0.340 e. The second-order valence-corrected chi connectivity index (χ2v) is 5.41. The first-order valence-corrected chi connectivity index (χ1v) is 7.36. The van der Waals surface area contributed by atoms with Crippen LogP contribution in [-0.2, 0) is 22.4 Å². The van der Waals surface area contributed by atoms with E-state index in [0.717, 1.165) is 30.6 Å². The van der Waals surface area contributed by atoms with Gasteiger partial charge in [0.1, 0.15) is 5.56 Å². The Morgan fingerprint density at radius 3 is 2.26 bits per heavy atom. The molecule has 6 nitrogen and oxygen atoms in total. The molecule has 0 aliphatic carbocycles. The Bertz CT molecular complexity index is 775. The molecule has 23 heavy (non-hydrogen) atoms. The second kappa shape index (κ2) is 5.79. The van der Waals surface area contributed by atoms with E-state index in [1.807, 2.05) is 16.7 Å². The van der Waals surface area contributed by atoms with Crippen molar-refractivity contribution in [2.45, 2.75) is 19.4 Å². The van der Waals surface area contributed by atoms with Crippen molar-refractivity contribution >= 4 is 17.6 Å². The highest BCUT2D eigenvalue weighted by Crippen LogP contribution is 2.37. The Morgan fingerprint density at radius 2 is 1.65 bits per heavy atom. The van der Waals surface area contributed by atoms with Gasteiger partial charge in [0.15, 0.2) is 0 Å². The van der Waals surface area contributed by atoms with E-state index < -0.39 is 11.9 Å². The van der Waals surface area contributed by atoms with E-state index in [-0.39, 0.29) is 5.56 Å². The molecule has 0 saturated heterocycles. The zero-order valence-electron chi connectivity index (χ0n) is 13.1. The summed E-state index contributed by atoms with van der Waals surface area (Å²) in [6.07, 6.45) is 1.64. The van der Waals surface area contributed by atoms with E-state index in [4.69, 9.17) is 15.2 Å². The lowest BCUT2D eigenvalue weighted by Gasteiger charge is -2.09. The Morgan fingerprint density at radius 1 is 1.04 bits per heavy atom. The maximum atomic E-state index is 12.4. The molecule has 0 bridgehead atoms. The summed E-state index contributed by atoms with van der Waals surface area (Å²) in [7, 11) is 2.62. The molecule has 0 fully saturated rings. The predicted octanol–water partition coefficient (Wildman–Crippen LogP) is 2.26. The molecule has 1 aromatic carbocycles. The topological polar surface area (TPSA) is 83.6 Å². The Labute approximate surface area is 133 Å². The summed E-state index contributed by atoms with van der Waals surface area (Å²) in [4.78, 5) is 24.6. The number of hydrogen-bond donors (Lipinski definition) is 1. The van der Waals surface area contributed by atoms with Gasteiger partial charge in [0, 0.05) is 17.9 Å². The molecule has 2 heterocycles. The van der Waals surface area contributed by atoms with Gasteiger partial charge in [-0.05, 0) is 30.5 Å². The standard InChI is InChI=1S/C17H18N2O4/c1-22-16(20)13-12-4-3-9-19(12)15(14(13)17(21)23-2)10-5-7-11(18)8-6-10/h5-8H,3-4,9,18H2,1-2H3. The van der Waals surface area contributed by atoms with Crippen LogP contribution in [0.25, 0.3) is 11.3 Å². The Hall–Kier alpha value is -2.76. The number of anilines is 1. The van der Waals surface area contributed by atoms with Crippen LogP contribution in [0, 0.1) is 0 Å². The lowest BCUT2D eigenvalue weighted by atomic mass is 10.0. The summed E-state index contributed by atoms with van der Waals surface area (Å²) in [5.74, 6) is -1.06. The third-order valence-electron chi connectivity index (χ3n) is 4.13. The molecule has 3 rings (SSSR count). The van der Waals surface area contributed by atoms with Crippen LogP contribution in [0.3, 0.4) is 0 Å². The number of carbonyl (C=O) groups excluding carboxylic acids is 2. The van der Waals surface area contributed by atoms with Crippen LogP contribution >= 0.6 is 0 Å². The van der Waals surface area contributed by atoms with Gasteiger partial charge in [-0.15, -0.1) is 0 Å². The van der Waals surface area contributed by atoms with Crippen molar-refractivity contribution in [1.82, 2.24) is 4.57 Å². The number of carbonyl (C=O) groups is 2. The second-order valence-electron chi connectivity index (χ2n) is 5.41. The zero-order chi connectivity index (χ0) is 16.6. The molecular weight excluding hydrogens is 296 g/mol. The fourth-order valence-corrected chi connectivity index (χ4v) is 3.14. The molecule has 0 radical (unpaired) electrons. The number of ether oxygens (including phenoxy) is 2. The van der Waals surface area contributed by atoms with E-state index in [1.54, 1.807) is 12.1 Å². The number of hydrogen-bond acceptors (Lipinski definition) is 5. The molecule has 1 aromatic heterocycles. The van der Waals surface area contributed by atoms with Gasteiger partial charge in [0.05, 0.1) is 25.5 Å². The van der Waals surface area contributed by atoms with Crippen LogP contribution in [-0.4, -0.2) is 30.7 Å². The molecule has 0 unspecified atom stereocenters. The van der Waals surface area contributed by atoms with Crippen molar-refractivity contribution in [2.24, 2.45) is 0 Å². The predicted molar refractivity (Wildman–Crippen MR) is 85.3 cm³/mol. The Balaban J connectivity index is 2.31. The molecule has 0 atom stereocenters. The van der Waals surface area contributed by atoms with Crippen LogP contribution in [0.4, 0.5) is 5.69 Å². The average Bonchev–Trinajstić information content (AvgIpc) is 3.14. The van der Waals surface area contributed by atoms with Crippen LogP contribution in [0.2, 0.25) is 0 Å². The van der Waals surface area contributed by atoms with Crippen LogP contribution in [0.15, 0.2) is 24.3 Å². The molecule has 0 amide bonds. The molecule has 0 saturated carbocycles. The van der Waals surface area contributed by atoms with Gasteiger partial charge < -0.3 is 19.8 Å². The Kier molecular flexibility index (Phi) is 3.82. The first-order chi connectivity index (χ1) is 11.1. The number of fused-ring (bicyclic) bond motifs is 1. The van der Waals surface area contributed by atoms with E-state index in [1.165, 1.54) is 14.2 Å².